The Labute approximate surface area is 153 Å². The molecule has 0 heterocycles. The van der Waals surface area contributed by atoms with Crippen LogP contribution in [0.3, 0.4) is 0 Å². The van der Waals surface area contributed by atoms with Gasteiger partial charge in [0.25, 0.3) is 0 Å². The molecule has 1 rings (SSSR count). The van der Waals surface area contributed by atoms with E-state index < -0.39 is 0 Å². The fourth-order valence-corrected chi connectivity index (χ4v) is 2.72. The summed E-state index contributed by atoms with van der Waals surface area (Å²) in [5.74, 6) is -0.100. The lowest BCUT2D eigenvalue weighted by Gasteiger charge is -2.25. The maximum Gasteiger partial charge on any atom is 0.306 e. The van der Waals surface area contributed by atoms with Crippen molar-refractivity contribution in [2.75, 3.05) is 26.2 Å². The van der Waals surface area contributed by atoms with E-state index in [1.165, 1.54) is 12.8 Å². The summed E-state index contributed by atoms with van der Waals surface area (Å²) in [5, 5.41) is 0. The minimum Gasteiger partial charge on any atom is -0.459 e. The summed E-state index contributed by atoms with van der Waals surface area (Å²) in [6.07, 6.45) is 4.66. The van der Waals surface area contributed by atoms with Crippen LogP contribution in [0.1, 0.15) is 58.4 Å². The summed E-state index contributed by atoms with van der Waals surface area (Å²) < 4.78 is 11.5. The van der Waals surface area contributed by atoms with Gasteiger partial charge >= 0.3 is 5.97 Å². The Bertz CT molecular complexity index is 446. The lowest BCUT2D eigenvalue weighted by molar-refractivity contribution is -0.153. The molecule has 0 saturated carbocycles. The molecule has 0 aromatic heterocycles. The summed E-state index contributed by atoms with van der Waals surface area (Å²) in [6.45, 7) is 10.0. The zero-order chi connectivity index (χ0) is 18.3. The molecule has 0 N–H and O–H groups in total. The van der Waals surface area contributed by atoms with Crippen molar-refractivity contribution in [3.63, 3.8) is 0 Å². The largest absolute Gasteiger partial charge is 0.459 e. The van der Waals surface area contributed by atoms with Gasteiger partial charge < -0.3 is 14.4 Å². The van der Waals surface area contributed by atoms with E-state index in [1.807, 2.05) is 30.3 Å². The van der Waals surface area contributed by atoms with E-state index in [0.29, 0.717) is 19.6 Å². The predicted octanol–water partition coefficient (Wildman–Crippen LogP) is 4.43. The highest BCUT2D eigenvalue weighted by Gasteiger charge is 2.17. The number of hydrogen-bond acceptors (Lipinski definition) is 4. The Balaban J connectivity index is 2.43. The molecule has 0 spiro atoms. The van der Waals surface area contributed by atoms with Crippen LogP contribution in [-0.4, -0.2) is 43.2 Å². The van der Waals surface area contributed by atoms with Crippen molar-refractivity contribution in [3.05, 3.63) is 35.9 Å². The van der Waals surface area contributed by atoms with Crippen molar-refractivity contribution in [1.29, 1.82) is 0 Å². The standard InChI is InChI=1S/C21H35NO3/c1-4-7-8-12-15-21(23)25-20(16-22(5-2)6-3)18-24-17-19-13-10-9-11-14-19/h9-11,13-14,20H,4-8,12,15-18H2,1-3H3/t20-/m1/s1. The van der Waals surface area contributed by atoms with Gasteiger partial charge in [0.2, 0.25) is 0 Å². The van der Waals surface area contributed by atoms with Crippen LogP contribution in [0, 0.1) is 0 Å². The topological polar surface area (TPSA) is 38.8 Å². The van der Waals surface area contributed by atoms with Crippen LogP contribution in [0.15, 0.2) is 30.3 Å². The monoisotopic (exact) mass is 349 g/mol. The van der Waals surface area contributed by atoms with E-state index in [1.54, 1.807) is 0 Å². The fourth-order valence-electron chi connectivity index (χ4n) is 2.72. The second kappa shape index (κ2) is 13.9. The average molecular weight is 350 g/mol. The Hall–Kier alpha value is -1.39. The molecule has 0 aliphatic heterocycles. The molecular formula is C21H35NO3. The van der Waals surface area contributed by atoms with E-state index in [4.69, 9.17) is 9.47 Å². The second-order valence-corrected chi connectivity index (χ2v) is 6.41. The molecular weight excluding hydrogens is 314 g/mol. The number of ether oxygens (including phenoxy) is 2. The number of carbonyl (C=O) groups excluding carboxylic acids is 1. The first-order valence-corrected chi connectivity index (χ1v) is 9.73. The third-order valence-corrected chi connectivity index (χ3v) is 4.30. The van der Waals surface area contributed by atoms with Crippen LogP contribution in [0.2, 0.25) is 0 Å². The third-order valence-electron chi connectivity index (χ3n) is 4.30. The number of esters is 1. The average Bonchev–Trinajstić information content (AvgIpc) is 2.64. The molecule has 4 nitrogen and oxygen atoms in total. The molecule has 25 heavy (non-hydrogen) atoms. The van der Waals surface area contributed by atoms with Crippen LogP contribution < -0.4 is 0 Å². The molecule has 0 bridgehead atoms. The lowest BCUT2D eigenvalue weighted by Crippen LogP contribution is -2.37. The Morgan fingerprint density at radius 2 is 1.76 bits per heavy atom. The van der Waals surface area contributed by atoms with Gasteiger partial charge in [0.15, 0.2) is 0 Å². The molecule has 142 valence electrons. The van der Waals surface area contributed by atoms with Gasteiger partial charge in [-0.05, 0) is 25.1 Å². The van der Waals surface area contributed by atoms with Gasteiger partial charge in [-0.15, -0.1) is 0 Å². The summed E-state index contributed by atoms with van der Waals surface area (Å²) in [7, 11) is 0. The van der Waals surface area contributed by atoms with Crippen LogP contribution in [0.4, 0.5) is 0 Å². The summed E-state index contributed by atoms with van der Waals surface area (Å²) in [4.78, 5) is 14.4. The van der Waals surface area contributed by atoms with Crippen LogP contribution >= 0.6 is 0 Å². The van der Waals surface area contributed by atoms with Gasteiger partial charge in [0.05, 0.1) is 13.2 Å². The van der Waals surface area contributed by atoms with E-state index in [2.05, 4.69) is 25.7 Å². The Morgan fingerprint density at radius 3 is 2.40 bits per heavy atom. The van der Waals surface area contributed by atoms with Crippen molar-refractivity contribution in [2.45, 2.75) is 65.6 Å². The van der Waals surface area contributed by atoms with E-state index in [9.17, 15) is 4.79 Å². The highest BCUT2D eigenvalue weighted by Crippen LogP contribution is 2.08. The summed E-state index contributed by atoms with van der Waals surface area (Å²) >= 11 is 0. The molecule has 0 amide bonds. The van der Waals surface area contributed by atoms with Crippen molar-refractivity contribution in [1.82, 2.24) is 4.90 Å². The van der Waals surface area contributed by atoms with Gasteiger partial charge in [-0.2, -0.15) is 0 Å². The Morgan fingerprint density at radius 1 is 1.04 bits per heavy atom. The molecule has 0 radical (unpaired) electrons. The zero-order valence-electron chi connectivity index (χ0n) is 16.2. The number of likely N-dealkylation sites (N-methyl/N-ethyl adjacent to an activating group) is 1. The van der Waals surface area contributed by atoms with E-state index in [-0.39, 0.29) is 12.1 Å². The first kappa shape index (κ1) is 21.7. The van der Waals surface area contributed by atoms with Crippen LogP contribution in [0.25, 0.3) is 0 Å². The fraction of sp³-hybridized carbons (Fsp3) is 0.667. The van der Waals surface area contributed by atoms with Crippen molar-refractivity contribution < 1.29 is 14.3 Å². The maximum absolute atomic E-state index is 12.1. The van der Waals surface area contributed by atoms with Crippen molar-refractivity contribution >= 4 is 5.97 Å². The first-order chi connectivity index (χ1) is 12.2. The van der Waals surface area contributed by atoms with Gasteiger partial charge in [-0.25, -0.2) is 0 Å². The minimum absolute atomic E-state index is 0.100. The number of nitrogens with zero attached hydrogens (tertiary/aromatic N) is 1. The Kier molecular flexibility index (Phi) is 12.0. The maximum atomic E-state index is 12.1. The number of rotatable bonds is 14. The van der Waals surface area contributed by atoms with Crippen molar-refractivity contribution in [2.24, 2.45) is 0 Å². The molecule has 0 saturated heterocycles. The van der Waals surface area contributed by atoms with Crippen LogP contribution in [0.5, 0.6) is 0 Å². The summed E-state index contributed by atoms with van der Waals surface area (Å²) in [6, 6.07) is 10.1. The zero-order valence-corrected chi connectivity index (χ0v) is 16.2. The molecule has 0 unspecified atom stereocenters. The van der Waals surface area contributed by atoms with Gasteiger partial charge in [0, 0.05) is 13.0 Å². The normalized spacial score (nSPS) is 12.3. The molecule has 0 aliphatic carbocycles. The van der Waals surface area contributed by atoms with E-state index >= 15 is 0 Å². The second-order valence-electron chi connectivity index (χ2n) is 6.41. The van der Waals surface area contributed by atoms with E-state index in [0.717, 1.165) is 38.0 Å². The number of unbranched alkanes of at least 4 members (excludes halogenated alkanes) is 3. The number of benzene rings is 1. The molecule has 0 fully saturated rings. The molecule has 1 aromatic rings. The lowest BCUT2D eigenvalue weighted by atomic mass is 10.1. The molecule has 0 aliphatic rings. The van der Waals surface area contributed by atoms with Gasteiger partial charge in [-0.1, -0.05) is 70.4 Å². The molecule has 1 aromatic carbocycles. The van der Waals surface area contributed by atoms with Crippen LogP contribution in [-0.2, 0) is 20.9 Å². The minimum atomic E-state index is -0.206. The number of hydrogen-bond donors (Lipinski definition) is 0. The third kappa shape index (κ3) is 10.3. The van der Waals surface area contributed by atoms with Gasteiger partial charge in [0.1, 0.15) is 6.10 Å². The summed E-state index contributed by atoms with van der Waals surface area (Å²) in [5.41, 5.74) is 1.13. The van der Waals surface area contributed by atoms with Crippen molar-refractivity contribution in [3.8, 4) is 0 Å². The quantitative estimate of drug-likeness (QED) is 0.368. The highest BCUT2D eigenvalue weighted by molar-refractivity contribution is 5.69. The molecule has 1 atom stereocenters. The first-order valence-electron chi connectivity index (χ1n) is 9.73. The number of carbonyl (C=O) groups is 1. The smallest absolute Gasteiger partial charge is 0.306 e. The highest BCUT2D eigenvalue weighted by atomic mass is 16.6. The SMILES string of the molecule is CCCCCCC(=O)O[C@@H](COCc1ccccc1)CN(CC)CC. The predicted molar refractivity (Wildman–Crippen MR) is 103 cm³/mol. The molecule has 4 heteroatoms. The van der Waals surface area contributed by atoms with Gasteiger partial charge in [-0.3, -0.25) is 4.79 Å².